The van der Waals surface area contributed by atoms with Crippen LogP contribution in [0.3, 0.4) is 0 Å². The highest BCUT2D eigenvalue weighted by atomic mass is 32.1. The van der Waals surface area contributed by atoms with E-state index in [1.54, 1.807) is 35.6 Å². The molecule has 2 N–H and O–H groups in total. The lowest BCUT2D eigenvalue weighted by atomic mass is 10.1. The van der Waals surface area contributed by atoms with Gasteiger partial charge >= 0.3 is 0 Å². The molecular weight excluding hydrogens is 312 g/mol. The van der Waals surface area contributed by atoms with E-state index in [-0.39, 0.29) is 17.9 Å². The van der Waals surface area contributed by atoms with Crippen LogP contribution in [0, 0.1) is 0 Å². The number of carbonyl (C=O) groups excluding carboxylic acids is 2. The summed E-state index contributed by atoms with van der Waals surface area (Å²) in [4.78, 5) is 25.3. The summed E-state index contributed by atoms with van der Waals surface area (Å²) in [6.07, 6.45) is 1.27. The van der Waals surface area contributed by atoms with Gasteiger partial charge in [-0.05, 0) is 42.5 Å². The van der Waals surface area contributed by atoms with Gasteiger partial charge < -0.3 is 15.4 Å². The Hall–Kier alpha value is -2.18. The second-order valence-corrected chi connectivity index (χ2v) is 6.37. The fraction of sp³-hybridized carbons (Fsp3) is 0.294. The highest BCUT2D eigenvalue weighted by Gasteiger charge is 2.23. The molecular formula is C17H18N2O3S. The van der Waals surface area contributed by atoms with E-state index in [9.17, 15) is 9.59 Å². The Morgan fingerprint density at radius 1 is 1.26 bits per heavy atom. The fourth-order valence-electron chi connectivity index (χ4n) is 2.43. The summed E-state index contributed by atoms with van der Waals surface area (Å²) < 4.78 is 5.35. The van der Waals surface area contributed by atoms with Crippen molar-refractivity contribution >= 4 is 28.8 Å². The van der Waals surface area contributed by atoms with Gasteiger partial charge in [-0.1, -0.05) is 12.1 Å². The van der Waals surface area contributed by atoms with Crippen molar-refractivity contribution in [2.75, 3.05) is 11.9 Å². The fourth-order valence-corrected chi connectivity index (χ4v) is 3.07. The van der Waals surface area contributed by atoms with Crippen molar-refractivity contribution in [1.82, 2.24) is 5.32 Å². The van der Waals surface area contributed by atoms with Gasteiger partial charge in [0, 0.05) is 22.7 Å². The Bertz CT molecular complexity index is 679. The van der Waals surface area contributed by atoms with Crippen molar-refractivity contribution in [2.45, 2.75) is 25.5 Å². The van der Waals surface area contributed by atoms with Crippen molar-refractivity contribution in [1.29, 1.82) is 0 Å². The normalized spacial score (nSPS) is 17.0. The molecule has 120 valence electrons. The van der Waals surface area contributed by atoms with Crippen molar-refractivity contribution in [3.8, 4) is 0 Å². The highest BCUT2D eigenvalue weighted by molar-refractivity contribution is 7.09. The van der Waals surface area contributed by atoms with E-state index in [0.717, 1.165) is 17.7 Å². The molecule has 0 bridgehead atoms. The van der Waals surface area contributed by atoms with E-state index in [0.29, 0.717) is 24.4 Å². The molecule has 0 saturated carbocycles. The van der Waals surface area contributed by atoms with Crippen LogP contribution in [-0.4, -0.2) is 24.5 Å². The highest BCUT2D eigenvalue weighted by Crippen LogP contribution is 2.16. The van der Waals surface area contributed by atoms with Crippen molar-refractivity contribution in [3.63, 3.8) is 0 Å². The van der Waals surface area contributed by atoms with Gasteiger partial charge in [-0.25, -0.2) is 0 Å². The van der Waals surface area contributed by atoms with Gasteiger partial charge in [0.05, 0.1) is 6.54 Å². The molecule has 23 heavy (non-hydrogen) atoms. The monoisotopic (exact) mass is 330 g/mol. The topological polar surface area (TPSA) is 67.4 Å². The van der Waals surface area contributed by atoms with Crippen molar-refractivity contribution < 1.29 is 14.3 Å². The van der Waals surface area contributed by atoms with Gasteiger partial charge in [-0.3, -0.25) is 9.59 Å². The lowest BCUT2D eigenvalue weighted by Gasteiger charge is -2.11. The number of hydrogen-bond acceptors (Lipinski definition) is 4. The molecule has 0 aliphatic carbocycles. The summed E-state index contributed by atoms with van der Waals surface area (Å²) in [7, 11) is 0. The second kappa shape index (κ2) is 7.39. The van der Waals surface area contributed by atoms with Crippen LogP contribution in [0.5, 0.6) is 0 Å². The zero-order chi connectivity index (χ0) is 16.1. The van der Waals surface area contributed by atoms with Crippen LogP contribution in [0.4, 0.5) is 5.69 Å². The predicted molar refractivity (Wildman–Crippen MR) is 89.5 cm³/mol. The molecule has 1 aromatic carbocycles. The molecule has 2 amide bonds. The molecule has 1 aliphatic rings. The Labute approximate surface area is 138 Å². The summed E-state index contributed by atoms with van der Waals surface area (Å²) in [6, 6.07) is 10.9. The third kappa shape index (κ3) is 4.18. The standard InChI is InChI=1S/C17H18N2O3S/c20-16(18-11-14-6-3-9-23-14)12-4-1-5-13(10-12)19-17(21)15-7-2-8-22-15/h1,3-6,9-10,15H,2,7-8,11H2,(H,18,20)(H,19,21)/t15-/m1/s1. The van der Waals surface area contributed by atoms with Crippen LogP contribution in [0.1, 0.15) is 28.1 Å². The molecule has 1 aromatic heterocycles. The molecule has 0 radical (unpaired) electrons. The van der Waals surface area contributed by atoms with Gasteiger partial charge in [0.25, 0.3) is 11.8 Å². The molecule has 1 fully saturated rings. The SMILES string of the molecule is O=C(NCc1cccs1)c1cccc(NC(=O)[C@H]2CCCO2)c1. The minimum Gasteiger partial charge on any atom is -0.368 e. The average Bonchev–Trinajstić information content (AvgIpc) is 3.26. The Morgan fingerprint density at radius 3 is 2.91 bits per heavy atom. The third-order valence-electron chi connectivity index (χ3n) is 3.62. The summed E-state index contributed by atoms with van der Waals surface area (Å²) in [5.74, 6) is -0.315. The molecule has 6 heteroatoms. The van der Waals surface area contributed by atoms with E-state index in [4.69, 9.17) is 4.74 Å². The number of hydrogen-bond donors (Lipinski definition) is 2. The van der Waals surface area contributed by atoms with E-state index in [2.05, 4.69) is 10.6 Å². The van der Waals surface area contributed by atoms with E-state index in [1.807, 2.05) is 17.5 Å². The number of thiophene rings is 1. The maximum absolute atomic E-state index is 12.2. The van der Waals surface area contributed by atoms with Crippen LogP contribution >= 0.6 is 11.3 Å². The molecule has 3 rings (SSSR count). The number of nitrogens with one attached hydrogen (secondary N) is 2. The number of amides is 2. The number of carbonyl (C=O) groups is 2. The quantitative estimate of drug-likeness (QED) is 0.886. The maximum Gasteiger partial charge on any atom is 0.253 e. The van der Waals surface area contributed by atoms with Crippen LogP contribution in [0.2, 0.25) is 0 Å². The molecule has 2 heterocycles. The van der Waals surface area contributed by atoms with Crippen LogP contribution in [0.25, 0.3) is 0 Å². The van der Waals surface area contributed by atoms with E-state index >= 15 is 0 Å². The minimum absolute atomic E-state index is 0.154. The second-order valence-electron chi connectivity index (χ2n) is 5.33. The first-order valence-corrected chi connectivity index (χ1v) is 8.43. The minimum atomic E-state index is -0.383. The summed E-state index contributed by atoms with van der Waals surface area (Å²) >= 11 is 1.60. The van der Waals surface area contributed by atoms with Crippen LogP contribution in [-0.2, 0) is 16.1 Å². The average molecular weight is 330 g/mol. The number of benzene rings is 1. The Kier molecular flexibility index (Phi) is 5.05. The van der Waals surface area contributed by atoms with E-state index in [1.165, 1.54) is 0 Å². The molecule has 1 atom stereocenters. The molecule has 1 aliphatic heterocycles. The molecule has 1 saturated heterocycles. The van der Waals surface area contributed by atoms with Crippen molar-refractivity contribution in [3.05, 3.63) is 52.2 Å². The maximum atomic E-state index is 12.2. The largest absolute Gasteiger partial charge is 0.368 e. The molecule has 5 nitrogen and oxygen atoms in total. The van der Waals surface area contributed by atoms with Gasteiger partial charge in [-0.15, -0.1) is 11.3 Å². The van der Waals surface area contributed by atoms with Gasteiger partial charge in [0.1, 0.15) is 6.10 Å². The first kappa shape index (κ1) is 15.7. The molecule has 2 aromatic rings. The number of rotatable bonds is 5. The smallest absolute Gasteiger partial charge is 0.253 e. The molecule has 0 spiro atoms. The van der Waals surface area contributed by atoms with Crippen LogP contribution in [0.15, 0.2) is 41.8 Å². The predicted octanol–water partition coefficient (Wildman–Crippen LogP) is 2.80. The summed E-state index contributed by atoms with van der Waals surface area (Å²) in [5, 5.41) is 7.65. The first-order valence-electron chi connectivity index (χ1n) is 7.55. The number of anilines is 1. The van der Waals surface area contributed by atoms with Gasteiger partial charge in [-0.2, -0.15) is 0 Å². The van der Waals surface area contributed by atoms with Gasteiger partial charge in [0.15, 0.2) is 0 Å². The van der Waals surface area contributed by atoms with Crippen LogP contribution < -0.4 is 10.6 Å². The van der Waals surface area contributed by atoms with Gasteiger partial charge in [0.2, 0.25) is 0 Å². The Balaban J connectivity index is 1.59. The Morgan fingerprint density at radius 2 is 2.17 bits per heavy atom. The summed E-state index contributed by atoms with van der Waals surface area (Å²) in [6.45, 7) is 1.13. The lowest BCUT2D eigenvalue weighted by Crippen LogP contribution is -2.27. The zero-order valence-corrected chi connectivity index (χ0v) is 13.4. The summed E-state index contributed by atoms with van der Waals surface area (Å²) in [5.41, 5.74) is 1.13. The zero-order valence-electron chi connectivity index (χ0n) is 12.6. The lowest BCUT2D eigenvalue weighted by molar-refractivity contribution is -0.124. The van der Waals surface area contributed by atoms with E-state index < -0.39 is 0 Å². The molecule has 0 unspecified atom stereocenters. The van der Waals surface area contributed by atoms with Crippen molar-refractivity contribution in [2.24, 2.45) is 0 Å². The first-order chi connectivity index (χ1) is 11.2. The third-order valence-corrected chi connectivity index (χ3v) is 4.49. The number of ether oxygens (including phenoxy) is 1.